The van der Waals surface area contributed by atoms with Crippen molar-refractivity contribution in [3.63, 3.8) is 0 Å². The van der Waals surface area contributed by atoms with Gasteiger partial charge < -0.3 is 42.1 Å². The molecule has 0 heterocycles. The van der Waals surface area contributed by atoms with Gasteiger partial charge in [-0.2, -0.15) is 0 Å². The fourth-order valence-electron chi connectivity index (χ4n) is 1.89. The van der Waals surface area contributed by atoms with E-state index < -0.39 is 73.0 Å². The number of nitrogens with two attached hydrogens (primary N) is 1. The van der Waals surface area contributed by atoms with Crippen molar-refractivity contribution in [3.05, 3.63) is 0 Å². The Balaban J connectivity index is 5.06. The van der Waals surface area contributed by atoms with E-state index >= 15 is 0 Å². The van der Waals surface area contributed by atoms with Crippen LogP contribution < -0.4 is 21.7 Å². The first kappa shape index (κ1) is 25.2. The van der Waals surface area contributed by atoms with Crippen molar-refractivity contribution in [2.75, 3.05) is 6.61 Å². The minimum Gasteiger partial charge on any atom is -0.481 e. The Labute approximate surface area is 160 Å². The molecule has 160 valence electrons. The molecule has 0 aromatic carbocycles. The van der Waals surface area contributed by atoms with E-state index in [0.717, 1.165) is 0 Å². The topological polar surface area (TPSA) is 228 Å². The highest BCUT2D eigenvalue weighted by Gasteiger charge is 2.29. The van der Waals surface area contributed by atoms with Crippen molar-refractivity contribution in [1.82, 2.24) is 16.0 Å². The number of amides is 3. The van der Waals surface area contributed by atoms with Crippen LogP contribution in [0.5, 0.6) is 0 Å². The zero-order valence-electron chi connectivity index (χ0n) is 15.4. The lowest BCUT2D eigenvalue weighted by molar-refractivity contribution is -0.143. The molecule has 28 heavy (non-hydrogen) atoms. The van der Waals surface area contributed by atoms with Crippen LogP contribution in [-0.4, -0.2) is 87.0 Å². The normalized spacial score (nSPS) is 16.0. The van der Waals surface area contributed by atoms with Crippen molar-refractivity contribution in [3.8, 4) is 0 Å². The average Bonchev–Trinajstić information content (AvgIpc) is 2.60. The molecule has 13 heteroatoms. The number of carboxylic acid groups (broad SMARTS) is 2. The van der Waals surface area contributed by atoms with Crippen molar-refractivity contribution < 1.29 is 44.4 Å². The van der Waals surface area contributed by atoms with E-state index in [1.54, 1.807) is 0 Å². The van der Waals surface area contributed by atoms with Crippen LogP contribution in [-0.2, 0) is 24.0 Å². The number of aliphatic hydroxyl groups excluding tert-OH is 2. The van der Waals surface area contributed by atoms with Gasteiger partial charge in [-0.3, -0.25) is 19.2 Å². The number of carbonyl (C=O) groups is 5. The van der Waals surface area contributed by atoms with Gasteiger partial charge in [0, 0.05) is 6.42 Å². The molecule has 5 unspecified atom stereocenters. The maximum Gasteiger partial charge on any atom is 0.328 e. The Morgan fingerprint density at radius 2 is 1.43 bits per heavy atom. The molecule has 13 nitrogen and oxygen atoms in total. The number of rotatable bonds is 12. The molecule has 0 saturated carbocycles. The molecule has 0 spiro atoms. The van der Waals surface area contributed by atoms with Gasteiger partial charge in [-0.05, 0) is 20.3 Å². The minimum atomic E-state index is -1.57. The van der Waals surface area contributed by atoms with Crippen LogP contribution in [0, 0.1) is 0 Å². The van der Waals surface area contributed by atoms with Gasteiger partial charge in [-0.1, -0.05) is 0 Å². The van der Waals surface area contributed by atoms with Crippen molar-refractivity contribution in [2.24, 2.45) is 5.73 Å². The molecule has 0 aliphatic heterocycles. The minimum absolute atomic E-state index is 0.317. The van der Waals surface area contributed by atoms with Gasteiger partial charge in [0.05, 0.1) is 12.7 Å². The summed E-state index contributed by atoms with van der Waals surface area (Å²) in [6.45, 7) is 1.61. The van der Waals surface area contributed by atoms with Crippen LogP contribution in [0.3, 0.4) is 0 Å². The highest BCUT2D eigenvalue weighted by atomic mass is 16.4. The number of carbonyl (C=O) groups excluding carboxylic acids is 3. The van der Waals surface area contributed by atoms with Crippen LogP contribution in [0.1, 0.15) is 26.7 Å². The molecule has 0 saturated heterocycles. The van der Waals surface area contributed by atoms with E-state index in [2.05, 4.69) is 10.6 Å². The van der Waals surface area contributed by atoms with Gasteiger partial charge >= 0.3 is 11.9 Å². The molecular formula is C15H26N4O9. The monoisotopic (exact) mass is 406 g/mol. The molecule has 0 aromatic rings. The first-order valence-corrected chi connectivity index (χ1v) is 8.30. The molecule has 9 N–H and O–H groups in total. The lowest BCUT2D eigenvalue weighted by Crippen LogP contribution is -2.57. The summed E-state index contributed by atoms with van der Waals surface area (Å²) in [6, 6.07) is -5.55. The molecule has 0 bridgehead atoms. The first-order chi connectivity index (χ1) is 12.9. The van der Waals surface area contributed by atoms with Gasteiger partial charge in [-0.15, -0.1) is 0 Å². The van der Waals surface area contributed by atoms with Gasteiger partial charge in [0.1, 0.15) is 24.2 Å². The lowest BCUT2D eigenvalue weighted by Gasteiger charge is -2.23. The summed E-state index contributed by atoms with van der Waals surface area (Å²) in [5.74, 6) is -5.44. The predicted octanol–water partition coefficient (Wildman–Crippen LogP) is -3.89. The molecule has 0 rings (SSSR count). The molecule has 0 aliphatic rings. The van der Waals surface area contributed by atoms with Crippen LogP contribution >= 0.6 is 0 Å². The fraction of sp³-hybridized carbons (Fsp3) is 0.667. The number of aliphatic hydroxyl groups is 2. The third kappa shape index (κ3) is 8.75. The summed E-state index contributed by atoms with van der Waals surface area (Å²) >= 11 is 0. The summed E-state index contributed by atoms with van der Waals surface area (Å²) in [5, 5.41) is 42.2. The molecule has 0 aromatic heterocycles. The Morgan fingerprint density at radius 3 is 1.86 bits per heavy atom. The second-order valence-electron chi connectivity index (χ2n) is 6.07. The van der Waals surface area contributed by atoms with Crippen LogP contribution in [0.4, 0.5) is 0 Å². The average molecular weight is 406 g/mol. The maximum atomic E-state index is 12.3. The highest BCUT2D eigenvalue weighted by Crippen LogP contribution is 2.01. The van der Waals surface area contributed by atoms with E-state index in [-0.39, 0.29) is 6.42 Å². The maximum absolute atomic E-state index is 12.3. The summed E-state index contributed by atoms with van der Waals surface area (Å²) in [5.41, 5.74) is 5.46. The van der Waals surface area contributed by atoms with E-state index in [0.29, 0.717) is 0 Å². The second kappa shape index (κ2) is 11.8. The number of aliphatic carboxylic acids is 2. The molecular weight excluding hydrogens is 380 g/mol. The summed E-state index contributed by atoms with van der Waals surface area (Å²) < 4.78 is 0. The lowest BCUT2D eigenvalue weighted by atomic mass is 10.1. The van der Waals surface area contributed by atoms with E-state index in [1.807, 2.05) is 5.32 Å². The van der Waals surface area contributed by atoms with Crippen molar-refractivity contribution in [2.45, 2.75) is 57.0 Å². The zero-order chi connectivity index (χ0) is 22.0. The first-order valence-electron chi connectivity index (χ1n) is 8.30. The number of nitrogens with one attached hydrogen (secondary N) is 3. The third-order valence-corrected chi connectivity index (χ3v) is 3.65. The number of hydrogen-bond donors (Lipinski definition) is 8. The quantitative estimate of drug-likeness (QED) is 0.157. The predicted molar refractivity (Wildman–Crippen MR) is 92.7 cm³/mol. The third-order valence-electron chi connectivity index (χ3n) is 3.65. The smallest absolute Gasteiger partial charge is 0.328 e. The molecule has 3 amide bonds. The van der Waals surface area contributed by atoms with Crippen molar-refractivity contribution in [1.29, 1.82) is 0 Å². The fourth-order valence-corrected chi connectivity index (χ4v) is 1.89. The Morgan fingerprint density at radius 1 is 0.893 bits per heavy atom. The molecule has 0 aliphatic carbocycles. The van der Waals surface area contributed by atoms with Gasteiger partial charge in [0.15, 0.2) is 0 Å². The van der Waals surface area contributed by atoms with Crippen molar-refractivity contribution >= 4 is 29.7 Å². The zero-order valence-corrected chi connectivity index (χ0v) is 15.4. The summed E-state index contributed by atoms with van der Waals surface area (Å²) in [6.07, 6.45) is -2.02. The Hall–Kier alpha value is -2.77. The van der Waals surface area contributed by atoms with Crippen LogP contribution in [0.15, 0.2) is 0 Å². The van der Waals surface area contributed by atoms with Crippen LogP contribution in [0.2, 0.25) is 0 Å². The Bertz CT molecular complexity index is 596. The Kier molecular flexibility index (Phi) is 10.7. The SMILES string of the molecule is CC(NC(=O)C(CCC(=O)O)NC(=O)C(N)C(C)O)C(=O)NC(CO)C(=O)O. The van der Waals surface area contributed by atoms with E-state index in [4.69, 9.17) is 21.1 Å². The van der Waals surface area contributed by atoms with Gasteiger partial charge in [-0.25, -0.2) is 4.79 Å². The summed E-state index contributed by atoms with van der Waals surface area (Å²) in [4.78, 5) is 57.7. The standard InChI is InChI=1S/C15H26N4O9/c1-6(12(24)19-9(5-20)15(27)28)17-13(25)8(3-4-10(22)23)18-14(26)11(16)7(2)21/h6-9,11,20-21H,3-5,16H2,1-2H3,(H,17,25)(H,18,26)(H,19,24)(H,22,23)(H,27,28). The molecule has 5 atom stereocenters. The van der Waals surface area contributed by atoms with E-state index in [9.17, 15) is 29.1 Å². The summed E-state index contributed by atoms with van der Waals surface area (Å²) in [7, 11) is 0. The van der Waals surface area contributed by atoms with Gasteiger partial charge in [0.25, 0.3) is 0 Å². The number of carboxylic acids is 2. The molecule has 0 radical (unpaired) electrons. The molecule has 0 fully saturated rings. The second-order valence-corrected chi connectivity index (χ2v) is 6.07. The van der Waals surface area contributed by atoms with E-state index in [1.165, 1.54) is 13.8 Å². The number of hydrogen-bond acceptors (Lipinski definition) is 8. The highest BCUT2D eigenvalue weighted by molar-refractivity contribution is 5.94. The largest absolute Gasteiger partial charge is 0.481 e. The van der Waals surface area contributed by atoms with Crippen LogP contribution in [0.25, 0.3) is 0 Å². The van der Waals surface area contributed by atoms with Gasteiger partial charge in [0.2, 0.25) is 17.7 Å².